The first-order valence-electron chi connectivity index (χ1n) is 10.0. The van der Waals surface area contributed by atoms with E-state index < -0.39 is 5.60 Å². The first kappa shape index (κ1) is 20.3. The van der Waals surface area contributed by atoms with E-state index in [1.165, 1.54) is 16.9 Å². The van der Waals surface area contributed by atoms with Gasteiger partial charge in [0.1, 0.15) is 5.60 Å². The van der Waals surface area contributed by atoms with Crippen LogP contribution in [-0.4, -0.2) is 55.9 Å². The number of rotatable bonds is 0. The number of hydrogen-bond donors (Lipinski definition) is 0. The molecule has 6 heteroatoms. The van der Waals surface area contributed by atoms with Crippen molar-refractivity contribution in [1.82, 2.24) is 4.90 Å². The van der Waals surface area contributed by atoms with E-state index in [4.69, 9.17) is 4.74 Å². The van der Waals surface area contributed by atoms with Crippen LogP contribution in [0.4, 0.5) is 16.2 Å². The molecule has 0 radical (unpaired) electrons. The Kier molecular flexibility index (Phi) is 5.67. The number of likely N-dealkylation sites (tertiary alicyclic amines) is 1. The number of likely N-dealkylation sites (N-methyl/N-ethyl adjacent to an activating group) is 1. The Labute approximate surface area is 171 Å². The van der Waals surface area contributed by atoms with Crippen molar-refractivity contribution in [3.63, 3.8) is 0 Å². The third kappa shape index (κ3) is 3.78. The number of benzene rings is 1. The predicted molar refractivity (Wildman–Crippen MR) is 115 cm³/mol. The molecule has 3 aliphatic rings. The molecule has 2 unspecified atom stereocenters. The first-order valence-corrected chi connectivity index (χ1v) is 10.8. The number of halogens is 1. The van der Waals surface area contributed by atoms with Gasteiger partial charge in [0.25, 0.3) is 0 Å². The number of carbonyl (C=O) groups is 1. The lowest BCUT2D eigenvalue weighted by Crippen LogP contribution is -2.51. The fourth-order valence-corrected chi connectivity index (χ4v) is 4.89. The minimum atomic E-state index is -0.449. The SMILES string of the molecule is CC.CN1CCN2c3c(cc(Br)cc31)C1CN(C(=O)OC(C)(C)C)CCC12. The van der Waals surface area contributed by atoms with E-state index in [9.17, 15) is 4.79 Å². The summed E-state index contributed by atoms with van der Waals surface area (Å²) in [5, 5.41) is 0. The molecule has 1 aromatic carbocycles. The number of fused-ring (bicyclic) bond motifs is 3. The molecule has 5 nitrogen and oxygen atoms in total. The Morgan fingerprint density at radius 1 is 1.19 bits per heavy atom. The van der Waals surface area contributed by atoms with Crippen molar-refractivity contribution in [3.05, 3.63) is 22.2 Å². The lowest BCUT2D eigenvalue weighted by atomic mass is 9.89. The Hall–Kier alpha value is -1.43. The zero-order valence-electron chi connectivity index (χ0n) is 17.4. The number of anilines is 2. The van der Waals surface area contributed by atoms with Crippen LogP contribution < -0.4 is 9.80 Å². The molecule has 0 aliphatic carbocycles. The summed E-state index contributed by atoms with van der Waals surface area (Å²) in [6.07, 6.45) is 0.812. The fraction of sp³-hybridized carbons (Fsp3) is 0.667. The Balaban J connectivity index is 0.00000102. The number of hydrogen-bond acceptors (Lipinski definition) is 4. The average Bonchev–Trinajstić information content (AvgIpc) is 2.92. The summed E-state index contributed by atoms with van der Waals surface area (Å²) in [5.41, 5.74) is 3.59. The number of carbonyl (C=O) groups excluding carboxylic acids is 1. The highest BCUT2D eigenvalue weighted by molar-refractivity contribution is 9.10. The molecule has 150 valence electrons. The van der Waals surface area contributed by atoms with E-state index >= 15 is 0 Å². The molecule has 3 heterocycles. The molecule has 4 rings (SSSR count). The normalized spacial score (nSPS) is 23.3. The van der Waals surface area contributed by atoms with Gasteiger partial charge in [0.05, 0.1) is 11.4 Å². The summed E-state index contributed by atoms with van der Waals surface area (Å²) in [4.78, 5) is 19.3. The van der Waals surface area contributed by atoms with Gasteiger partial charge in [-0.2, -0.15) is 0 Å². The predicted octanol–water partition coefficient (Wildman–Crippen LogP) is 4.84. The van der Waals surface area contributed by atoms with Crippen molar-refractivity contribution in [2.45, 2.75) is 58.6 Å². The second kappa shape index (κ2) is 7.53. The highest BCUT2D eigenvalue weighted by Crippen LogP contribution is 2.51. The molecule has 0 saturated carbocycles. The molecular formula is C21H32BrN3O2. The number of piperidine rings is 1. The van der Waals surface area contributed by atoms with Crippen molar-refractivity contribution < 1.29 is 9.53 Å². The van der Waals surface area contributed by atoms with E-state index in [0.29, 0.717) is 12.0 Å². The molecular weight excluding hydrogens is 406 g/mol. The Bertz CT molecular complexity index is 716. The van der Waals surface area contributed by atoms with Crippen molar-refractivity contribution >= 4 is 33.4 Å². The van der Waals surface area contributed by atoms with Crippen LogP contribution in [0.15, 0.2) is 16.6 Å². The fourth-order valence-electron chi connectivity index (χ4n) is 4.42. The van der Waals surface area contributed by atoms with E-state index in [2.05, 4.69) is 44.9 Å². The van der Waals surface area contributed by atoms with Gasteiger partial charge in [-0.25, -0.2) is 4.79 Å². The van der Waals surface area contributed by atoms with Crippen LogP contribution in [-0.2, 0) is 4.74 Å². The summed E-state index contributed by atoms with van der Waals surface area (Å²) in [7, 11) is 2.16. The van der Waals surface area contributed by atoms with E-state index in [1.807, 2.05) is 39.5 Å². The van der Waals surface area contributed by atoms with Crippen LogP contribution in [0.1, 0.15) is 52.5 Å². The maximum Gasteiger partial charge on any atom is 0.410 e. The van der Waals surface area contributed by atoms with Gasteiger partial charge in [-0.05, 0) is 44.9 Å². The maximum absolute atomic E-state index is 12.5. The largest absolute Gasteiger partial charge is 0.444 e. The van der Waals surface area contributed by atoms with Crippen LogP contribution in [0.5, 0.6) is 0 Å². The van der Waals surface area contributed by atoms with E-state index in [1.54, 1.807) is 0 Å². The quantitative estimate of drug-likeness (QED) is 0.581. The van der Waals surface area contributed by atoms with Gasteiger partial charge in [-0.1, -0.05) is 29.8 Å². The molecule has 1 saturated heterocycles. The molecule has 3 aliphatic heterocycles. The van der Waals surface area contributed by atoms with Gasteiger partial charge in [-0.3, -0.25) is 0 Å². The zero-order valence-corrected chi connectivity index (χ0v) is 19.0. The van der Waals surface area contributed by atoms with Gasteiger partial charge in [0, 0.05) is 49.7 Å². The highest BCUT2D eigenvalue weighted by Gasteiger charge is 2.46. The van der Waals surface area contributed by atoms with E-state index in [-0.39, 0.29) is 6.09 Å². The van der Waals surface area contributed by atoms with Gasteiger partial charge < -0.3 is 19.4 Å². The minimum absolute atomic E-state index is 0.187. The summed E-state index contributed by atoms with van der Waals surface area (Å²) < 4.78 is 6.72. The molecule has 0 spiro atoms. The van der Waals surface area contributed by atoms with Crippen molar-refractivity contribution in [3.8, 4) is 0 Å². The topological polar surface area (TPSA) is 36.0 Å². The number of amides is 1. The Morgan fingerprint density at radius 3 is 2.56 bits per heavy atom. The van der Waals surface area contributed by atoms with Crippen molar-refractivity contribution in [2.75, 3.05) is 43.0 Å². The van der Waals surface area contributed by atoms with Crippen LogP contribution >= 0.6 is 15.9 Å². The maximum atomic E-state index is 12.5. The lowest BCUT2D eigenvalue weighted by molar-refractivity contribution is 0.0189. The van der Waals surface area contributed by atoms with Gasteiger partial charge >= 0.3 is 6.09 Å². The zero-order chi connectivity index (χ0) is 19.9. The molecule has 27 heavy (non-hydrogen) atoms. The molecule has 0 bridgehead atoms. The summed E-state index contributed by atoms with van der Waals surface area (Å²) in [6, 6.07) is 4.96. The van der Waals surface area contributed by atoms with Gasteiger partial charge in [0.15, 0.2) is 0 Å². The third-order valence-corrected chi connectivity index (χ3v) is 5.94. The second-order valence-corrected chi connectivity index (χ2v) is 9.28. The Morgan fingerprint density at radius 2 is 1.89 bits per heavy atom. The number of nitrogens with zero attached hydrogens (tertiary/aromatic N) is 3. The standard InChI is InChI=1S/C19H26BrN3O2.C2H6/c1-19(2,3)25-18(24)22-6-5-15-14(11-22)13-9-12(20)10-16-17(13)23(15)8-7-21(16)4;1-2/h9-10,14-15H,5-8,11H2,1-4H3;1-2H3. The van der Waals surface area contributed by atoms with E-state index in [0.717, 1.165) is 37.1 Å². The van der Waals surface area contributed by atoms with Crippen LogP contribution in [0.3, 0.4) is 0 Å². The van der Waals surface area contributed by atoms with Gasteiger partial charge in [-0.15, -0.1) is 0 Å². The molecule has 0 N–H and O–H groups in total. The lowest BCUT2D eigenvalue weighted by Gasteiger charge is -2.41. The third-order valence-electron chi connectivity index (χ3n) is 5.49. The molecule has 1 fully saturated rings. The highest BCUT2D eigenvalue weighted by atomic mass is 79.9. The second-order valence-electron chi connectivity index (χ2n) is 8.37. The van der Waals surface area contributed by atoms with Gasteiger partial charge in [0.2, 0.25) is 0 Å². The smallest absolute Gasteiger partial charge is 0.410 e. The first-order chi connectivity index (χ1) is 12.7. The van der Waals surface area contributed by atoms with Crippen LogP contribution in [0.25, 0.3) is 0 Å². The van der Waals surface area contributed by atoms with Crippen LogP contribution in [0.2, 0.25) is 0 Å². The molecule has 1 amide bonds. The molecule has 2 atom stereocenters. The average molecular weight is 438 g/mol. The van der Waals surface area contributed by atoms with Crippen molar-refractivity contribution in [1.29, 1.82) is 0 Å². The summed E-state index contributed by atoms with van der Waals surface area (Å²) in [5.74, 6) is 0.360. The number of ether oxygens (including phenoxy) is 1. The van der Waals surface area contributed by atoms with Crippen LogP contribution in [0, 0.1) is 0 Å². The summed E-state index contributed by atoms with van der Waals surface area (Å²) in [6.45, 7) is 13.4. The summed E-state index contributed by atoms with van der Waals surface area (Å²) >= 11 is 3.68. The minimum Gasteiger partial charge on any atom is -0.444 e. The monoisotopic (exact) mass is 437 g/mol. The van der Waals surface area contributed by atoms with Crippen molar-refractivity contribution in [2.24, 2.45) is 0 Å². The molecule has 0 aromatic heterocycles. The molecule has 1 aromatic rings.